The number of rotatable bonds is 9. The molecule has 8 N–H and O–H groups in total. The Hall–Kier alpha value is -6.85. The molecule has 0 spiro atoms. The number of methoxy groups -OCH3 is 1. The van der Waals surface area contributed by atoms with E-state index in [-0.39, 0.29) is 36.5 Å². The van der Waals surface area contributed by atoms with E-state index in [1.54, 1.807) is 48.5 Å². The number of carbonyl (C=O) groups excluding carboxylic acids is 6. The number of carboxylic acids is 1. The fraction of sp³-hybridized carbons (Fsp3) is 0.479. The second-order valence-corrected chi connectivity index (χ2v) is 17.7. The number of aliphatic carboxylic acids is 1. The van der Waals surface area contributed by atoms with Crippen molar-refractivity contribution in [3.63, 3.8) is 0 Å². The van der Waals surface area contributed by atoms with Gasteiger partial charge in [-0.2, -0.15) is 0 Å². The summed E-state index contributed by atoms with van der Waals surface area (Å²) in [4.78, 5) is 102. The first-order chi connectivity index (χ1) is 33.2. The van der Waals surface area contributed by atoms with Gasteiger partial charge in [0, 0.05) is 46.8 Å². The summed E-state index contributed by atoms with van der Waals surface area (Å²) in [7, 11) is 5.55. The van der Waals surface area contributed by atoms with Crippen LogP contribution in [0, 0.1) is 0 Å². The lowest BCUT2D eigenvalue weighted by molar-refractivity contribution is -0.277. The second kappa shape index (κ2) is 22.7. The largest absolute Gasteiger partial charge is 0.497 e. The van der Waals surface area contributed by atoms with Gasteiger partial charge < -0.3 is 75.1 Å². The van der Waals surface area contributed by atoms with Gasteiger partial charge in [-0.15, -0.1) is 0 Å². The van der Waals surface area contributed by atoms with Crippen LogP contribution in [0.3, 0.4) is 0 Å². The quantitative estimate of drug-likeness (QED) is 0.126. The number of likely N-dealkylation sites (N-methyl/N-ethyl adjacent to an activating group) is 3. The van der Waals surface area contributed by atoms with Crippen molar-refractivity contribution in [1.29, 1.82) is 0 Å². The summed E-state index contributed by atoms with van der Waals surface area (Å²) in [5.41, 5.74) is 1.51. The topological polar surface area (TPSA) is 303 Å². The molecule has 378 valence electrons. The van der Waals surface area contributed by atoms with E-state index in [0.29, 0.717) is 22.4 Å². The number of carboxylic acid groups (broad SMARTS) is 1. The highest BCUT2D eigenvalue weighted by atomic mass is 16.7. The summed E-state index contributed by atoms with van der Waals surface area (Å²) in [6.45, 7) is 2.04. The van der Waals surface area contributed by atoms with Crippen LogP contribution in [0.15, 0.2) is 66.7 Å². The summed E-state index contributed by atoms with van der Waals surface area (Å²) in [6.07, 6.45) is -9.39. The molecule has 0 aliphatic carbocycles. The van der Waals surface area contributed by atoms with Crippen molar-refractivity contribution >= 4 is 41.4 Å². The number of hydrogen-bond donors (Lipinski definition) is 8. The lowest BCUT2D eigenvalue weighted by Gasteiger charge is -2.39. The summed E-state index contributed by atoms with van der Waals surface area (Å²) in [6, 6.07) is 9.43. The molecule has 3 aromatic rings. The fourth-order valence-electron chi connectivity index (χ4n) is 8.41. The van der Waals surface area contributed by atoms with E-state index in [1.807, 2.05) is 0 Å². The Morgan fingerprint density at radius 1 is 0.714 bits per heavy atom. The maximum Gasteiger partial charge on any atom is 0.303 e. The molecule has 6 bridgehead atoms. The number of amides is 6. The van der Waals surface area contributed by atoms with Crippen molar-refractivity contribution in [3.8, 4) is 23.0 Å². The highest BCUT2D eigenvalue weighted by Crippen LogP contribution is 2.36. The minimum atomic E-state index is -1.76. The van der Waals surface area contributed by atoms with Gasteiger partial charge in [0.25, 0.3) is 0 Å². The summed E-state index contributed by atoms with van der Waals surface area (Å²) >= 11 is 0. The number of ether oxygens (including phenoxy) is 4. The predicted molar refractivity (Wildman–Crippen MR) is 245 cm³/mol. The number of nitrogens with one attached hydrogen (secondary N) is 3. The number of hydrogen-bond acceptors (Lipinski definition) is 15. The number of benzene rings is 3. The van der Waals surface area contributed by atoms with Crippen LogP contribution in [0.5, 0.6) is 23.0 Å². The molecule has 0 radical (unpaired) electrons. The maximum absolute atomic E-state index is 14.9. The normalized spacial score (nSPS) is 28.4. The highest BCUT2D eigenvalue weighted by molar-refractivity contribution is 5.98. The molecule has 0 aromatic heterocycles. The van der Waals surface area contributed by atoms with Crippen molar-refractivity contribution in [1.82, 2.24) is 30.7 Å². The molecule has 0 saturated carbocycles. The Morgan fingerprint density at radius 3 is 1.99 bits per heavy atom. The molecule has 22 heteroatoms. The molecule has 4 aliphatic heterocycles. The molecule has 4 heterocycles. The molecule has 2 saturated heterocycles. The highest BCUT2D eigenvalue weighted by Gasteiger charge is 2.45. The van der Waals surface area contributed by atoms with Crippen LogP contribution < -0.4 is 30.2 Å². The van der Waals surface area contributed by atoms with Crippen molar-refractivity contribution in [3.05, 3.63) is 83.4 Å². The van der Waals surface area contributed by atoms with E-state index in [0.717, 1.165) is 9.80 Å². The second-order valence-electron chi connectivity index (χ2n) is 17.7. The number of aliphatic hydroxyl groups is 4. The third kappa shape index (κ3) is 12.1. The Labute approximate surface area is 403 Å². The number of fused-ring (bicyclic) bond motifs is 2. The predicted octanol–water partition coefficient (Wildman–Crippen LogP) is -1.14. The molecule has 2 fully saturated rings. The van der Waals surface area contributed by atoms with E-state index in [1.165, 1.54) is 65.2 Å². The third-order valence-electron chi connectivity index (χ3n) is 12.8. The lowest BCUT2D eigenvalue weighted by Crippen LogP contribution is -2.62. The molecule has 22 nitrogen and oxygen atoms in total. The number of aliphatic hydroxyl groups excluding tert-OH is 4. The zero-order valence-corrected chi connectivity index (χ0v) is 39.5. The Morgan fingerprint density at radius 2 is 1.34 bits per heavy atom. The van der Waals surface area contributed by atoms with Gasteiger partial charge in [0.05, 0.1) is 13.7 Å². The van der Waals surface area contributed by atoms with Crippen molar-refractivity contribution in [2.45, 2.75) is 113 Å². The first-order valence-corrected chi connectivity index (χ1v) is 22.6. The van der Waals surface area contributed by atoms with Gasteiger partial charge in [-0.3, -0.25) is 33.6 Å². The number of nitrogens with zero attached hydrogens (tertiary/aromatic N) is 3. The van der Waals surface area contributed by atoms with Crippen LogP contribution in [0.1, 0.15) is 43.4 Å². The lowest BCUT2D eigenvalue weighted by atomic mass is 9.98. The van der Waals surface area contributed by atoms with E-state index >= 15 is 0 Å². The average Bonchev–Trinajstić information content (AvgIpc) is 3.34. The molecule has 70 heavy (non-hydrogen) atoms. The minimum Gasteiger partial charge on any atom is -0.497 e. The fourth-order valence-corrected chi connectivity index (χ4v) is 8.41. The van der Waals surface area contributed by atoms with Crippen molar-refractivity contribution in [2.75, 3.05) is 34.9 Å². The Bertz CT molecular complexity index is 2400. The molecular weight excluding hydrogens is 917 g/mol. The van der Waals surface area contributed by atoms with Gasteiger partial charge in [0.15, 0.2) is 11.5 Å². The SMILES string of the molecule is COc1ccc(C[C@@H]2C(=O)N[C@H](C)C(=O)N(C)C3Cc4ccc(cc4)Oc4cc(ccc4O[C@@H]4O[C@@H](CO)[C@H](O)[C@H](O)[C@@H]4O)C[C@H](C(=O)N[C@H](C)C(=O)NC(CCC(=O)O)C(=O)N2C)N(C)C3=O)cc1. The molecule has 6 amide bonds. The molecule has 7 rings (SSSR count). The van der Waals surface area contributed by atoms with Gasteiger partial charge in [0.1, 0.15) is 72.2 Å². The van der Waals surface area contributed by atoms with Crippen LogP contribution in [0.4, 0.5) is 0 Å². The zero-order valence-electron chi connectivity index (χ0n) is 39.5. The van der Waals surface area contributed by atoms with E-state index in [4.69, 9.17) is 18.9 Å². The maximum atomic E-state index is 14.9. The summed E-state index contributed by atoms with van der Waals surface area (Å²) in [5, 5.41) is 58.7. The molecule has 4 aliphatic rings. The Kier molecular flexibility index (Phi) is 17.0. The smallest absolute Gasteiger partial charge is 0.303 e. The summed E-state index contributed by atoms with van der Waals surface area (Å²) < 4.78 is 23.1. The molecule has 11 atom stereocenters. The van der Waals surface area contributed by atoms with Gasteiger partial charge >= 0.3 is 5.97 Å². The van der Waals surface area contributed by atoms with Gasteiger partial charge in [-0.05, 0) is 73.4 Å². The first-order valence-electron chi connectivity index (χ1n) is 22.6. The monoisotopic (exact) mass is 976 g/mol. The Balaban J connectivity index is 1.41. The van der Waals surface area contributed by atoms with Crippen molar-refractivity contribution < 1.29 is 78.0 Å². The van der Waals surface area contributed by atoms with E-state index in [9.17, 15) is 59.1 Å². The first kappa shape index (κ1) is 52.5. The van der Waals surface area contributed by atoms with Crippen LogP contribution in [-0.2, 0) is 57.6 Å². The van der Waals surface area contributed by atoms with Crippen LogP contribution in [0.25, 0.3) is 0 Å². The van der Waals surface area contributed by atoms with Gasteiger partial charge in [-0.1, -0.05) is 30.3 Å². The van der Waals surface area contributed by atoms with Crippen LogP contribution >= 0.6 is 0 Å². The van der Waals surface area contributed by atoms with Gasteiger partial charge in [0.2, 0.25) is 41.7 Å². The number of carbonyl (C=O) groups is 7. The average molecular weight is 977 g/mol. The van der Waals surface area contributed by atoms with E-state index in [2.05, 4.69) is 16.0 Å². The third-order valence-corrected chi connectivity index (χ3v) is 12.8. The standard InChI is InChI=1S/C48H60N6O16/c1-24-42(61)51-31(16-18-38(56)57)46(65)52(3)32(19-26-7-12-29(67-6)13-8-26)44(63)50-25(2)45(64)54(5)34-20-27-9-14-30(15-10-27)68-36-22-28(21-33(43(62)49-24)53(4)47(34)66)11-17-35(36)69-48-41(60)40(59)39(58)37(23-55)70-48/h7-15,17,22,24-25,31-34,37,39-41,48,55,58-60H,16,18-21,23H2,1-6H3,(H,49,62)(H,50,63)(H,51,61)(H,56,57)/t24-,25-,31?,32-,33-,34?,37+,39+,40+,41+,48-/m1/s1. The van der Waals surface area contributed by atoms with Crippen LogP contribution in [-0.4, -0.2) is 183 Å². The zero-order chi connectivity index (χ0) is 51.1. The summed E-state index contributed by atoms with van der Waals surface area (Å²) in [5.74, 6) is -5.18. The molecule has 2 unspecified atom stereocenters. The molecular formula is C48H60N6O16. The minimum absolute atomic E-state index is 0.0223. The van der Waals surface area contributed by atoms with Crippen molar-refractivity contribution in [2.24, 2.45) is 0 Å². The van der Waals surface area contributed by atoms with Gasteiger partial charge in [-0.25, -0.2) is 0 Å². The van der Waals surface area contributed by atoms with E-state index < -0.39 is 128 Å². The van der Waals surface area contributed by atoms with Crippen LogP contribution in [0.2, 0.25) is 0 Å². The molecule has 3 aromatic carbocycles.